The predicted octanol–water partition coefficient (Wildman–Crippen LogP) is 1.97. The summed E-state index contributed by atoms with van der Waals surface area (Å²) < 4.78 is 6.51. The molecule has 34 heavy (non-hydrogen) atoms. The monoisotopic (exact) mass is 539 g/mol. The highest BCUT2D eigenvalue weighted by Crippen LogP contribution is 2.60. The maximum absolute atomic E-state index is 14.0. The average molecular weight is 540 g/mol. The topological polar surface area (TPSA) is 90.4 Å². The Morgan fingerprint density at radius 1 is 1.24 bits per heavy atom. The van der Waals surface area contributed by atoms with E-state index < -0.39 is 29.6 Å². The second-order valence-electron chi connectivity index (χ2n) is 9.56. The highest BCUT2D eigenvalue weighted by Gasteiger charge is 2.76. The first kappa shape index (κ1) is 26.9. The van der Waals surface area contributed by atoms with E-state index in [9.17, 15) is 19.5 Å². The van der Waals surface area contributed by atoms with Crippen LogP contribution in [0.25, 0.3) is 0 Å². The molecule has 0 radical (unpaired) electrons. The molecule has 2 bridgehead atoms. The molecule has 3 fully saturated rings. The SMILES string of the molecule is C=CCN(C)C(=O)[C@H]1[C@H]2C(=O)N(CCCO)C(C(=O)N(CC=C)CCCCC)C23CC(Br)[C@@H]1O3. The molecule has 0 aliphatic carbocycles. The molecule has 8 nitrogen and oxygen atoms in total. The van der Waals surface area contributed by atoms with E-state index in [0.29, 0.717) is 32.5 Å². The first-order valence-corrected chi connectivity index (χ1v) is 13.2. The lowest BCUT2D eigenvalue weighted by Gasteiger charge is -2.37. The van der Waals surface area contributed by atoms with E-state index in [1.165, 1.54) is 0 Å². The van der Waals surface area contributed by atoms with Crippen LogP contribution >= 0.6 is 15.9 Å². The van der Waals surface area contributed by atoms with Crippen molar-refractivity contribution in [2.75, 3.05) is 39.8 Å². The molecule has 3 unspecified atom stereocenters. The van der Waals surface area contributed by atoms with Crippen molar-refractivity contribution in [1.29, 1.82) is 0 Å². The molecular weight excluding hydrogens is 502 g/mol. The molecule has 6 atom stereocenters. The molecule has 190 valence electrons. The molecular formula is C25H38BrN3O5. The van der Waals surface area contributed by atoms with Crippen LogP contribution in [0.15, 0.2) is 25.3 Å². The van der Waals surface area contributed by atoms with Crippen molar-refractivity contribution in [2.45, 2.75) is 61.6 Å². The number of aliphatic hydroxyl groups excluding tert-OH is 1. The summed E-state index contributed by atoms with van der Waals surface area (Å²) in [6.07, 6.45) is 6.60. The van der Waals surface area contributed by atoms with E-state index in [0.717, 1.165) is 19.3 Å². The van der Waals surface area contributed by atoms with Gasteiger partial charge in [0.05, 0.1) is 17.9 Å². The fourth-order valence-corrected chi connectivity index (χ4v) is 6.83. The molecule has 3 heterocycles. The first-order chi connectivity index (χ1) is 16.3. The third-order valence-corrected chi connectivity index (χ3v) is 8.18. The van der Waals surface area contributed by atoms with Crippen LogP contribution in [-0.4, -0.2) is 99.9 Å². The minimum absolute atomic E-state index is 0.0930. The molecule has 0 saturated carbocycles. The molecule has 3 aliphatic rings. The normalized spacial score (nSPS) is 31.5. The van der Waals surface area contributed by atoms with Gasteiger partial charge in [-0.1, -0.05) is 47.8 Å². The third kappa shape index (κ3) is 4.58. The fourth-order valence-electron chi connectivity index (χ4n) is 5.88. The number of nitrogens with zero attached hydrogens (tertiary/aromatic N) is 3. The maximum Gasteiger partial charge on any atom is 0.248 e. The van der Waals surface area contributed by atoms with Crippen LogP contribution < -0.4 is 0 Å². The highest BCUT2D eigenvalue weighted by molar-refractivity contribution is 9.09. The van der Waals surface area contributed by atoms with Crippen molar-refractivity contribution >= 4 is 33.7 Å². The number of carbonyl (C=O) groups is 3. The lowest BCUT2D eigenvalue weighted by atomic mass is 9.70. The molecule has 9 heteroatoms. The summed E-state index contributed by atoms with van der Waals surface area (Å²) in [6.45, 7) is 11.1. The molecule has 3 amide bonds. The van der Waals surface area contributed by atoms with E-state index in [1.807, 2.05) is 0 Å². The van der Waals surface area contributed by atoms with Gasteiger partial charge >= 0.3 is 0 Å². The van der Waals surface area contributed by atoms with Crippen molar-refractivity contribution in [3.63, 3.8) is 0 Å². The number of hydrogen-bond donors (Lipinski definition) is 1. The van der Waals surface area contributed by atoms with E-state index in [-0.39, 0.29) is 35.7 Å². The summed E-state index contributed by atoms with van der Waals surface area (Å²) in [4.78, 5) is 46.0. The van der Waals surface area contributed by atoms with Gasteiger partial charge in [-0.25, -0.2) is 0 Å². The molecule has 3 saturated heterocycles. The number of carbonyl (C=O) groups excluding carboxylic acids is 3. The molecule has 0 aromatic rings. The van der Waals surface area contributed by atoms with Gasteiger partial charge in [0.2, 0.25) is 17.7 Å². The third-order valence-electron chi connectivity index (χ3n) is 7.34. The predicted molar refractivity (Wildman–Crippen MR) is 133 cm³/mol. The summed E-state index contributed by atoms with van der Waals surface area (Å²) in [5, 5.41) is 9.47. The van der Waals surface area contributed by atoms with Gasteiger partial charge < -0.3 is 24.5 Å². The molecule has 3 rings (SSSR count). The van der Waals surface area contributed by atoms with Gasteiger partial charge in [0.1, 0.15) is 11.6 Å². The van der Waals surface area contributed by atoms with Crippen molar-refractivity contribution in [3.8, 4) is 0 Å². The number of aliphatic hydroxyl groups is 1. The fraction of sp³-hybridized carbons (Fsp3) is 0.720. The second-order valence-corrected chi connectivity index (χ2v) is 10.7. The molecule has 0 aromatic heterocycles. The summed E-state index contributed by atoms with van der Waals surface area (Å²) in [5.41, 5.74) is -1.07. The standard InChI is InChI=1S/C25H38BrN3O5/c1-5-8-9-13-28(12-7-3)24(33)21-25-16-17(26)20(34-25)18(22(31)27(4)11-6-2)19(25)23(32)29(21)14-10-15-30/h6-7,17-21,30H,2-3,5,8-16H2,1,4H3/t17?,18-,19-,20-,21?,25?/m0/s1. The zero-order valence-electron chi connectivity index (χ0n) is 20.3. The molecule has 1 spiro atoms. The van der Waals surface area contributed by atoms with Gasteiger partial charge in [-0.15, -0.1) is 13.2 Å². The zero-order chi connectivity index (χ0) is 25.0. The summed E-state index contributed by atoms with van der Waals surface area (Å²) >= 11 is 3.68. The second kappa shape index (κ2) is 11.4. The average Bonchev–Trinajstić information content (AvgIpc) is 3.39. The minimum Gasteiger partial charge on any atom is -0.396 e. The number of fused-ring (bicyclic) bond motifs is 1. The Morgan fingerprint density at radius 3 is 2.56 bits per heavy atom. The lowest BCUT2D eigenvalue weighted by molar-refractivity contribution is -0.148. The van der Waals surface area contributed by atoms with Crippen LogP contribution in [0.3, 0.4) is 0 Å². The number of likely N-dealkylation sites (tertiary alicyclic amines) is 1. The van der Waals surface area contributed by atoms with E-state index in [4.69, 9.17) is 4.74 Å². The van der Waals surface area contributed by atoms with Gasteiger partial charge in [-0.3, -0.25) is 14.4 Å². The van der Waals surface area contributed by atoms with E-state index >= 15 is 0 Å². The molecule has 0 aromatic carbocycles. The summed E-state index contributed by atoms with van der Waals surface area (Å²) in [7, 11) is 1.69. The number of halogens is 1. The Hall–Kier alpha value is -1.71. The number of likely N-dealkylation sites (N-methyl/N-ethyl adjacent to an activating group) is 1. The van der Waals surface area contributed by atoms with Crippen molar-refractivity contribution in [1.82, 2.24) is 14.7 Å². The Kier molecular flexibility index (Phi) is 8.98. The Balaban J connectivity index is 2.00. The van der Waals surface area contributed by atoms with Crippen LogP contribution in [-0.2, 0) is 19.1 Å². The number of ether oxygens (including phenoxy) is 1. The van der Waals surface area contributed by atoms with E-state index in [2.05, 4.69) is 36.0 Å². The first-order valence-electron chi connectivity index (χ1n) is 12.3. The highest BCUT2D eigenvalue weighted by atomic mass is 79.9. The number of alkyl halides is 1. The number of amides is 3. The Bertz CT molecular complexity index is 807. The largest absolute Gasteiger partial charge is 0.396 e. The quantitative estimate of drug-likeness (QED) is 0.219. The number of unbranched alkanes of at least 4 members (excludes halogenated alkanes) is 2. The van der Waals surface area contributed by atoms with Crippen LogP contribution in [0.4, 0.5) is 0 Å². The van der Waals surface area contributed by atoms with Crippen molar-refractivity contribution in [3.05, 3.63) is 25.3 Å². The Labute approximate surface area is 211 Å². The smallest absolute Gasteiger partial charge is 0.248 e. The molecule has 1 N–H and O–H groups in total. The number of hydrogen-bond acceptors (Lipinski definition) is 5. The summed E-state index contributed by atoms with van der Waals surface area (Å²) in [5.74, 6) is -1.96. The van der Waals surface area contributed by atoms with Gasteiger partial charge in [0, 0.05) is 44.7 Å². The van der Waals surface area contributed by atoms with Gasteiger partial charge in [0.15, 0.2) is 0 Å². The van der Waals surface area contributed by atoms with E-state index in [1.54, 1.807) is 33.9 Å². The van der Waals surface area contributed by atoms with Crippen LogP contribution in [0, 0.1) is 11.8 Å². The van der Waals surface area contributed by atoms with Gasteiger partial charge in [-0.2, -0.15) is 0 Å². The maximum atomic E-state index is 14.0. The van der Waals surface area contributed by atoms with Crippen LogP contribution in [0.5, 0.6) is 0 Å². The van der Waals surface area contributed by atoms with Crippen LogP contribution in [0.2, 0.25) is 0 Å². The Morgan fingerprint density at radius 2 is 1.94 bits per heavy atom. The number of rotatable bonds is 13. The van der Waals surface area contributed by atoms with Crippen molar-refractivity contribution in [2.24, 2.45) is 11.8 Å². The zero-order valence-corrected chi connectivity index (χ0v) is 21.9. The van der Waals surface area contributed by atoms with Gasteiger partial charge in [-0.05, 0) is 19.3 Å². The van der Waals surface area contributed by atoms with Crippen LogP contribution in [0.1, 0.15) is 39.0 Å². The molecule has 3 aliphatic heterocycles. The van der Waals surface area contributed by atoms with Crippen molar-refractivity contribution < 1.29 is 24.2 Å². The lowest BCUT2D eigenvalue weighted by Crippen LogP contribution is -2.57. The minimum atomic E-state index is -1.07. The van der Waals surface area contributed by atoms with Gasteiger partial charge in [0.25, 0.3) is 0 Å². The summed E-state index contributed by atoms with van der Waals surface area (Å²) in [6, 6.07) is -0.828.